The summed E-state index contributed by atoms with van der Waals surface area (Å²) >= 11 is 1.43. The number of rotatable bonds is 7. The number of H-pyrrole nitrogens is 1. The number of carbonyl (C=O) groups is 2. The van der Waals surface area contributed by atoms with E-state index in [1.54, 1.807) is 0 Å². The van der Waals surface area contributed by atoms with Crippen molar-refractivity contribution in [3.05, 3.63) is 28.3 Å². The second-order valence-electron chi connectivity index (χ2n) is 6.66. The lowest BCUT2D eigenvalue weighted by atomic mass is 10.0. The first-order valence-electron chi connectivity index (χ1n) is 8.69. The van der Waals surface area contributed by atoms with Crippen LogP contribution >= 0.6 is 11.8 Å². The van der Waals surface area contributed by atoms with Crippen LogP contribution in [0.1, 0.15) is 77.5 Å². The smallest absolute Gasteiger partial charge is 0.192 e. The first kappa shape index (κ1) is 17.9. The van der Waals surface area contributed by atoms with Gasteiger partial charge in [0.25, 0.3) is 0 Å². The number of hydrogen-bond acceptors (Lipinski definition) is 5. The fourth-order valence-electron chi connectivity index (χ4n) is 3.27. The lowest BCUT2D eigenvalue weighted by Crippen LogP contribution is -2.16. The standard InChI is InChI=1S/C18H24N4O2S/c1-6-22-17(13-7-8-13)20-21-18(22)25-12(5)16(24)15-9(2)14(11(4)23)10(3)19-15/h12-13,19H,6-8H2,1-5H3. The van der Waals surface area contributed by atoms with Gasteiger partial charge in [0.05, 0.1) is 10.9 Å². The fourth-order valence-corrected chi connectivity index (χ4v) is 4.25. The van der Waals surface area contributed by atoms with Gasteiger partial charge in [-0.05, 0) is 53.0 Å². The number of Topliss-reactive ketones (excluding diaryl/α,β-unsaturated/α-hetero) is 2. The van der Waals surface area contributed by atoms with Crippen LogP contribution in [0, 0.1) is 13.8 Å². The molecule has 25 heavy (non-hydrogen) atoms. The summed E-state index contributed by atoms with van der Waals surface area (Å²) in [7, 11) is 0. The Morgan fingerprint density at radius 1 is 1.32 bits per heavy atom. The quantitative estimate of drug-likeness (QED) is 0.602. The molecule has 1 N–H and O–H groups in total. The number of nitrogens with one attached hydrogen (secondary N) is 1. The number of aryl methyl sites for hydroxylation is 1. The molecule has 2 aromatic heterocycles. The molecule has 0 radical (unpaired) electrons. The van der Waals surface area contributed by atoms with E-state index in [9.17, 15) is 9.59 Å². The van der Waals surface area contributed by atoms with Gasteiger partial charge in [-0.25, -0.2) is 0 Å². The lowest BCUT2D eigenvalue weighted by Gasteiger charge is -2.11. The fraction of sp³-hybridized carbons (Fsp3) is 0.556. The summed E-state index contributed by atoms with van der Waals surface area (Å²) in [4.78, 5) is 27.8. The highest BCUT2D eigenvalue weighted by Gasteiger charge is 2.31. The SMILES string of the molecule is CCn1c(SC(C)C(=O)c2[nH]c(C)c(C(C)=O)c2C)nnc1C1CC1. The third-order valence-electron chi connectivity index (χ3n) is 4.69. The van der Waals surface area contributed by atoms with Crippen LogP contribution in [-0.2, 0) is 6.54 Å². The minimum Gasteiger partial charge on any atom is -0.355 e. The molecule has 0 spiro atoms. The van der Waals surface area contributed by atoms with Crippen LogP contribution in [0.25, 0.3) is 0 Å². The number of ketones is 2. The average Bonchev–Trinajstić information content (AvgIpc) is 3.25. The molecule has 2 aromatic rings. The van der Waals surface area contributed by atoms with Gasteiger partial charge in [-0.3, -0.25) is 9.59 Å². The largest absolute Gasteiger partial charge is 0.355 e. The number of aromatic nitrogens is 4. The van der Waals surface area contributed by atoms with Crippen LogP contribution in [0.15, 0.2) is 5.16 Å². The Kier molecular flexibility index (Phi) is 4.86. The molecule has 0 bridgehead atoms. The van der Waals surface area contributed by atoms with E-state index < -0.39 is 0 Å². The summed E-state index contributed by atoms with van der Waals surface area (Å²) in [5.41, 5.74) is 2.62. The summed E-state index contributed by atoms with van der Waals surface area (Å²) in [6.07, 6.45) is 2.35. The van der Waals surface area contributed by atoms with Gasteiger partial charge in [0, 0.05) is 23.7 Å². The zero-order valence-electron chi connectivity index (χ0n) is 15.3. The van der Waals surface area contributed by atoms with Gasteiger partial charge in [0.2, 0.25) is 0 Å². The number of hydrogen-bond donors (Lipinski definition) is 1. The Bertz CT molecular complexity index is 832. The highest BCUT2D eigenvalue weighted by Crippen LogP contribution is 2.40. The average molecular weight is 360 g/mol. The highest BCUT2D eigenvalue weighted by atomic mass is 32.2. The van der Waals surface area contributed by atoms with Crippen molar-refractivity contribution in [1.29, 1.82) is 0 Å². The molecule has 0 aliphatic heterocycles. The van der Waals surface area contributed by atoms with Crippen LogP contribution in [0.4, 0.5) is 0 Å². The monoisotopic (exact) mass is 360 g/mol. The van der Waals surface area contributed by atoms with Gasteiger partial charge in [0.15, 0.2) is 16.7 Å². The maximum absolute atomic E-state index is 12.9. The summed E-state index contributed by atoms with van der Waals surface area (Å²) in [5.74, 6) is 1.52. The third kappa shape index (κ3) is 3.29. The first-order valence-corrected chi connectivity index (χ1v) is 9.57. The van der Waals surface area contributed by atoms with Crippen molar-refractivity contribution in [2.75, 3.05) is 0 Å². The molecule has 1 aliphatic rings. The molecule has 0 saturated heterocycles. The maximum atomic E-state index is 12.9. The Balaban J connectivity index is 1.82. The van der Waals surface area contributed by atoms with Crippen molar-refractivity contribution in [2.45, 2.75) is 70.3 Å². The lowest BCUT2D eigenvalue weighted by molar-refractivity contribution is 0.0988. The molecule has 1 aliphatic carbocycles. The molecule has 0 aromatic carbocycles. The predicted octanol–water partition coefficient (Wildman–Crippen LogP) is 3.69. The molecule has 0 amide bonds. The number of aromatic amines is 1. The van der Waals surface area contributed by atoms with E-state index in [-0.39, 0.29) is 16.8 Å². The molecule has 7 heteroatoms. The van der Waals surface area contributed by atoms with E-state index in [4.69, 9.17) is 0 Å². The number of thioether (sulfide) groups is 1. The first-order chi connectivity index (χ1) is 11.8. The van der Waals surface area contributed by atoms with Crippen molar-refractivity contribution in [3.63, 3.8) is 0 Å². The van der Waals surface area contributed by atoms with E-state index >= 15 is 0 Å². The van der Waals surface area contributed by atoms with Crippen LogP contribution in [0.2, 0.25) is 0 Å². The van der Waals surface area contributed by atoms with Crippen molar-refractivity contribution in [1.82, 2.24) is 19.7 Å². The maximum Gasteiger partial charge on any atom is 0.192 e. The molecular weight excluding hydrogens is 336 g/mol. The minimum absolute atomic E-state index is 0.0169. The molecule has 134 valence electrons. The molecule has 2 heterocycles. The van der Waals surface area contributed by atoms with Gasteiger partial charge in [0.1, 0.15) is 5.82 Å². The third-order valence-corrected chi connectivity index (χ3v) is 5.77. The van der Waals surface area contributed by atoms with Crippen molar-refractivity contribution in [3.8, 4) is 0 Å². The van der Waals surface area contributed by atoms with Crippen LogP contribution < -0.4 is 0 Å². The number of nitrogens with zero attached hydrogens (tertiary/aromatic N) is 3. The van der Waals surface area contributed by atoms with Crippen molar-refractivity contribution >= 4 is 23.3 Å². The van der Waals surface area contributed by atoms with Gasteiger partial charge in [-0.1, -0.05) is 11.8 Å². The van der Waals surface area contributed by atoms with Crippen LogP contribution in [0.5, 0.6) is 0 Å². The Morgan fingerprint density at radius 3 is 2.52 bits per heavy atom. The molecule has 1 unspecified atom stereocenters. The van der Waals surface area contributed by atoms with Gasteiger partial charge in [-0.2, -0.15) is 0 Å². The summed E-state index contributed by atoms with van der Waals surface area (Å²) in [6.45, 7) is 9.93. The normalized spacial score (nSPS) is 15.4. The highest BCUT2D eigenvalue weighted by molar-refractivity contribution is 8.00. The van der Waals surface area contributed by atoms with E-state index in [1.807, 2.05) is 20.8 Å². The second-order valence-corrected chi connectivity index (χ2v) is 7.97. The van der Waals surface area contributed by atoms with E-state index in [0.29, 0.717) is 17.2 Å². The summed E-state index contributed by atoms with van der Waals surface area (Å²) < 4.78 is 2.11. The zero-order valence-corrected chi connectivity index (χ0v) is 16.2. The Labute approximate surface area is 151 Å². The number of carbonyl (C=O) groups excluding carboxylic acids is 2. The molecule has 1 saturated carbocycles. The topological polar surface area (TPSA) is 80.6 Å². The molecule has 1 atom stereocenters. The molecule has 3 rings (SSSR count). The van der Waals surface area contributed by atoms with Gasteiger partial charge in [-0.15, -0.1) is 10.2 Å². The Morgan fingerprint density at radius 2 is 2.00 bits per heavy atom. The zero-order chi connectivity index (χ0) is 18.3. The van der Waals surface area contributed by atoms with Crippen LogP contribution in [-0.4, -0.2) is 36.6 Å². The molecular formula is C18H24N4O2S. The van der Waals surface area contributed by atoms with Crippen molar-refractivity contribution in [2.24, 2.45) is 0 Å². The van der Waals surface area contributed by atoms with Crippen LogP contribution in [0.3, 0.4) is 0 Å². The second kappa shape index (κ2) is 6.78. The predicted molar refractivity (Wildman–Crippen MR) is 97.6 cm³/mol. The Hall–Kier alpha value is -1.89. The van der Waals surface area contributed by atoms with Crippen molar-refractivity contribution < 1.29 is 9.59 Å². The van der Waals surface area contributed by atoms with Gasteiger partial charge >= 0.3 is 0 Å². The minimum atomic E-state index is -0.307. The summed E-state index contributed by atoms with van der Waals surface area (Å²) in [5, 5.41) is 9.10. The van der Waals surface area contributed by atoms with Gasteiger partial charge < -0.3 is 9.55 Å². The van der Waals surface area contributed by atoms with E-state index in [1.165, 1.54) is 31.5 Å². The van der Waals surface area contributed by atoms with E-state index in [2.05, 4.69) is 26.7 Å². The molecule has 6 nitrogen and oxygen atoms in total. The summed E-state index contributed by atoms with van der Waals surface area (Å²) in [6, 6.07) is 0. The van der Waals surface area contributed by atoms with E-state index in [0.717, 1.165) is 28.8 Å². The molecule has 1 fully saturated rings.